The lowest BCUT2D eigenvalue weighted by Crippen LogP contribution is -2.49. The Kier molecular flexibility index (Phi) is 6.22. The predicted octanol–water partition coefficient (Wildman–Crippen LogP) is 2.65. The quantitative estimate of drug-likeness (QED) is 0.806. The highest BCUT2D eigenvalue weighted by Crippen LogP contribution is 2.52. The third-order valence-electron chi connectivity index (χ3n) is 5.08. The zero-order chi connectivity index (χ0) is 14.3. The van der Waals surface area contributed by atoms with E-state index < -0.39 is 0 Å². The number of nitrogens with one attached hydrogen (secondary N) is 1. The molecule has 0 aromatic heterocycles. The van der Waals surface area contributed by atoms with Gasteiger partial charge in [-0.1, -0.05) is 18.2 Å². The molecule has 23 heavy (non-hydrogen) atoms. The highest BCUT2D eigenvalue weighted by molar-refractivity contribution is 8.02. The van der Waals surface area contributed by atoms with Gasteiger partial charge in [0.05, 0.1) is 16.4 Å². The number of rotatable bonds is 2. The fraction of sp³-hybridized carbons (Fsp3) is 0.625. The second-order valence-electron chi connectivity index (χ2n) is 6.26. The molecule has 1 spiro atoms. The number of hydrogen-bond acceptors (Lipinski definition) is 4. The molecule has 1 N–H and O–H groups in total. The molecule has 3 atom stereocenters. The molecule has 3 heterocycles. The Morgan fingerprint density at radius 1 is 1.30 bits per heavy atom. The SMILES string of the molecule is Cl.Cl.O=C(NN1CCCC1)C1CSC23C=CC=CC2=NCCC13. The molecule has 0 aromatic carbocycles. The summed E-state index contributed by atoms with van der Waals surface area (Å²) in [6.45, 7) is 2.85. The Labute approximate surface area is 154 Å². The summed E-state index contributed by atoms with van der Waals surface area (Å²) in [7, 11) is 0. The van der Waals surface area contributed by atoms with Crippen molar-refractivity contribution in [1.82, 2.24) is 10.4 Å². The summed E-state index contributed by atoms with van der Waals surface area (Å²) in [6.07, 6.45) is 12.0. The van der Waals surface area contributed by atoms with Gasteiger partial charge in [0.25, 0.3) is 0 Å². The molecular weight excluding hydrogens is 353 g/mol. The van der Waals surface area contributed by atoms with Gasteiger partial charge in [0.2, 0.25) is 5.91 Å². The molecule has 0 bridgehead atoms. The van der Waals surface area contributed by atoms with Crippen LogP contribution in [0.15, 0.2) is 29.3 Å². The van der Waals surface area contributed by atoms with Gasteiger partial charge in [-0.25, -0.2) is 5.01 Å². The van der Waals surface area contributed by atoms with Gasteiger partial charge in [0, 0.05) is 25.4 Å². The van der Waals surface area contributed by atoms with Crippen LogP contribution in [-0.4, -0.2) is 46.8 Å². The minimum absolute atomic E-state index is 0. The number of aliphatic imine (C=N–C) groups is 1. The maximum absolute atomic E-state index is 12.7. The molecule has 1 aliphatic carbocycles. The number of carbonyl (C=O) groups excluding carboxylic acids is 1. The highest BCUT2D eigenvalue weighted by Gasteiger charge is 2.54. The fourth-order valence-corrected chi connectivity index (χ4v) is 5.78. The number of nitrogens with zero attached hydrogens (tertiary/aromatic N) is 2. The lowest BCUT2D eigenvalue weighted by molar-refractivity contribution is -0.130. The molecule has 4 aliphatic rings. The van der Waals surface area contributed by atoms with Crippen molar-refractivity contribution in [2.24, 2.45) is 16.8 Å². The second-order valence-corrected chi connectivity index (χ2v) is 7.56. The summed E-state index contributed by atoms with van der Waals surface area (Å²) in [4.78, 5) is 17.4. The molecule has 7 heteroatoms. The van der Waals surface area contributed by atoms with E-state index in [0.29, 0.717) is 5.92 Å². The fourth-order valence-electron chi connectivity index (χ4n) is 3.99. The summed E-state index contributed by atoms with van der Waals surface area (Å²) in [5, 5.41) is 2.09. The van der Waals surface area contributed by atoms with E-state index in [1.807, 2.05) is 11.8 Å². The van der Waals surface area contributed by atoms with E-state index in [1.165, 1.54) is 18.6 Å². The van der Waals surface area contributed by atoms with Gasteiger partial charge in [-0.3, -0.25) is 15.2 Å². The Morgan fingerprint density at radius 3 is 2.87 bits per heavy atom. The first kappa shape index (κ1) is 18.8. The van der Waals surface area contributed by atoms with Crippen molar-refractivity contribution in [3.05, 3.63) is 24.3 Å². The van der Waals surface area contributed by atoms with Gasteiger partial charge in [-0.05, 0) is 31.3 Å². The van der Waals surface area contributed by atoms with Crippen molar-refractivity contribution in [2.75, 3.05) is 25.4 Å². The van der Waals surface area contributed by atoms with Crippen LogP contribution < -0.4 is 5.43 Å². The van der Waals surface area contributed by atoms with E-state index in [2.05, 4.69) is 34.7 Å². The average molecular weight is 376 g/mol. The third-order valence-corrected chi connectivity index (χ3v) is 6.73. The van der Waals surface area contributed by atoms with Gasteiger partial charge in [0.1, 0.15) is 0 Å². The average Bonchev–Trinajstić information content (AvgIpc) is 3.13. The van der Waals surface area contributed by atoms with Crippen molar-refractivity contribution < 1.29 is 4.79 Å². The van der Waals surface area contributed by atoms with Crippen LogP contribution in [-0.2, 0) is 4.79 Å². The largest absolute Gasteiger partial charge is 0.289 e. The number of hydrogen-bond donors (Lipinski definition) is 1. The number of amides is 1. The van der Waals surface area contributed by atoms with Crippen LogP contribution in [0.25, 0.3) is 0 Å². The van der Waals surface area contributed by atoms with Crippen LogP contribution >= 0.6 is 36.6 Å². The van der Waals surface area contributed by atoms with E-state index in [0.717, 1.165) is 31.8 Å². The van der Waals surface area contributed by atoms with E-state index >= 15 is 0 Å². The third kappa shape index (κ3) is 3.21. The highest BCUT2D eigenvalue weighted by atomic mass is 35.5. The Bertz CT molecular complexity index is 545. The zero-order valence-electron chi connectivity index (χ0n) is 12.9. The topological polar surface area (TPSA) is 44.7 Å². The van der Waals surface area contributed by atoms with Crippen molar-refractivity contribution in [1.29, 1.82) is 0 Å². The lowest BCUT2D eigenvalue weighted by Gasteiger charge is -2.38. The minimum atomic E-state index is -0.0417. The first-order valence-corrected chi connectivity index (χ1v) is 8.88. The van der Waals surface area contributed by atoms with Crippen LogP contribution in [0.2, 0.25) is 0 Å². The van der Waals surface area contributed by atoms with Gasteiger partial charge < -0.3 is 0 Å². The molecule has 3 aliphatic heterocycles. The molecule has 2 fully saturated rings. The summed E-state index contributed by atoms with van der Waals surface area (Å²) >= 11 is 1.90. The molecule has 0 saturated carbocycles. The van der Waals surface area contributed by atoms with E-state index in [-0.39, 0.29) is 41.4 Å². The van der Waals surface area contributed by atoms with Gasteiger partial charge in [0.15, 0.2) is 0 Å². The van der Waals surface area contributed by atoms with Gasteiger partial charge in [-0.2, -0.15) is 0 Å². The normalized spacial score (nSPS) is 34.7. The van der Waals surface area contributed by atoms with Crippen molar-refractivity contribution in [3.63, 3.8) is 0 Å². The standard InChI is InChI=1S/C16H21N3OS.2ClH/c20-15(18-19-9-3-4-10-19)12-11-21-16-7-2-1-5-14(16)17-8-6-13(12)16;;/h1-2,5,7,12-13H,3-4,6,8-11H2,(H,18,20);2*1H. The molecule has 3 unspecified atom stereocenters. The van der Waals surface area contributed by atoms with E-state index in [1.54, 1.807) is 0 Å². The number of thioether (sulfide) groups is 1. The van der Waals surface area contributed by atoms with Crippen molar-refractivity contribution in [3.8, 4) is 0 Å². The van der Waals surface area contributed by atoms with Gasteiger partial charge in [-0.15, -0.1) is 36.6 Å². The monoisotopic (exact) mass is 375 g/mol. The molecule has 0 radical (unpaired) electrons. The van der Waals surface area contributed by atoms with Crippen LogP contribution in [0, 0.1) is 11.8 Å². The molecular formula is C16H23Cl2N3OS. The van der Waals surface area contributed by atoms with Gasteiger partial charge >= 0.3 is 0 Å². The number of hydrazine groups is 1. The minimum Gasteiger partial charge on any atom is -0.289 e. The smallest absolute Gasteiger partial charge is 0.238 e. The molecule has 128 valence electrons. The Morgan fingerprint density at radius 2 is 2.09 bits per heavy atom. The lowest BCUT2D eigenvalue weighted by atomic mass is 9.74. The van der Waals surface area contributed by atoms with E-state index in [4.69, 9.17) is 4.99 Å². The van der Waals surface area contributed by atoms with Crippen LogP contribution in [0.1, 0.15) is 19.3 Å². The summed E-state index contributed by atoms with van der Waals surface area (Å²) < 4.78 is -0.0417. The number of carbonyl (C=O) groups is 1. The summed E-state index contributed by atoms with van der Waals surface area (Å²) in [5.41, 5.74) is 4.31. The number of halogens is 2. The van der Waals surface area contributed by atoms with Crippen LogP contribution in [0.3, 0.4) is 0 Å². The molecule has 4 rings (SSSR count). The molecule has 4 nitrogen and oxygen atoms in total. The summed E-state index contributed by atoms with van der Waals surface area (Å²) in [5.74, 6) is 1.62. The Balaban J connectivity index is 0.000000960. The number of allylic oxidation sites excluding steroid dienone is 3. The Hall–Kier alpha value is -0.490. The van der Waals surface area contributed by atoms with Crippen LogP contribution in [0.5, 0.6) is 0 Å². The first-order valence-electron chi connectivity index (χ1n) is 7.90. The first-order chi connectivity index (χ1) is 10.3. The molecule has 0 aromatic rings. The molecule has 1 amide bonds. The maximum Gasteiger partial charge on any atom is 0.238 e. The molecule has 2 saturated heterocycles. The van der Waals surface area contributed by atoms with Crippen molar-refractivity contribution >= 4 is 48.2 Å². The summed E-state index contributed by atoms with van der Waals surface area (Å²) in [6, 6.07) is 0. The van der Waals surface area contributed by atoms with Crippen molar-refractivity contribution in [2.45, 2.75) is 24.0 Å². The zero-order valence-corrected chi connectivity index (χ0v) is 15.4. The maximum atomic E-state index is 12.7. The predicted molar refractivity (Wildman–Crippen MR) is 101 cm³/mol. The van der Waals surface area contributed by atoms with E-state index in [9.17, 15) is 4.79 Å². The van der Waals surface area contributed by atoms with Crippen LogP contribution in [0.4, 0.5) is 0 Å². The second kappa shape index (κ2) is 7.60.